The van der Waals surface area contributed by atoms with Crippen molar-refractivity contribution in [3.63, 3.8) is 0 Å². The number of aliphatic hydroxyl groups is 2. The molecule has 0 aromatic carbocycles. The molecule has 4 N–H and O–H groups in total. The molecular weight excluding hydrogens is 242 g/mol. The molecule has 18 heavy (non-hydrogen) atoms. The molecule has 1 amide bonds. The van der Waals surface area contributed by atoms with E-state index in [0.29, 0.717) is 0 Å². The van der Waals surface area contributed by atoms with Crippen molar-refractivity contribution < 1.29 is 29.3 Å². The van der Waals surface area contributed by atoms with E-state index in [-0.39, 0.29) is 5.76 Å². The normalized spacial score (nSPS) is 37.5. The Morgan fingerprint density at radius 3 is 2.78 bits per heavy atom. The fourth-order valence-electron chi connectivity index (χ4n) is 2.21. The number of hydrogen-bond donors (Lipinski definition) is 3. The summed E-state index contributed by atoms with van der Waals surface area (Å²) in [6.45, 7) is 0. The molecule has 4 atom stereocenters. The van der Waals surface area contributed by atoms with Crippen LogP contribution in [0.15, 0.2) is 24.0 Å². The highest BCUT2D eigenvalue weighted by Crippen LogP contribution is 2.42. The number of methoxy groups -OCH3 is 1. The summed E-state index contributed by atoms with van der Waals surface area (Å²) in [5.41, 5.74) is 3.12. The smallest absolute Gasteiger partial charge is 0.342 e. The van der Waals surface area contributed by atoms with E-state index in [1.807, 2.05) is 0 Å². The standard InChI is InChI=1S/C11H13NO6/c1-17-10(15)11(16)3-2-5-6(11)4-7(8(12)13)18-9(5)14/h2-6,9,14,16H,1H3,(H2,12,13)/t5-,6-,9-,11-/m0/s1. The number of carbonyl (C=O) groups is 2. The minimum absolute atomic E-state index is 0.283. The van der Waals surface area contributed by atoms with Gasteiger partial charge in [-0.15, -0.1) is 0 Å². The maximum Gasteiger partial charge on any atom is 0.342 e. The lowest BCUT2D eigenvalue weighted by Gasteiger charge is -2.34. The minimum atomic E-state index is -1.93. The third kappa shape index (κ3) is 1.68. The monoisotopic (exact) mass is 255 g/mol. The van der Waals surface area contributed by atoms with Crippen molar-refractivity contribution in [2.45, 2.75) is 11.9 Å². The zero-order valence-corrected chi connectivity index (χ0v) is 9.57. The Kier molecular flexibility index (Phi) is 2.88. The molecule has 98 valence electrons. The molecule has 2 rings (SSSR count). The van der Waals surface area contributed by atoms with Gasteiger partial charge in [0.25, 0.3) is 5.91 Å². The SMILES string of the molecule is COC(=O)[C@]1(O)C=C[C@@H]2[C@@H](O)OC(C(N)=O)=C[C@@H]21. The fourth-order valence-corrected chi connectivity index (χ4v) is 2.21. The quantitative estimate of drug-likeness (QED) is 0.404. The van der Waals surface area contributed by atoms with Crippen LogP contribution in [0, 0.1) is 11.8 Å². The lowest BCUT2D eigenvalue weighted by atomic mass is 9.82. The number of ether oxygens (including phenoxy) is 2. The van der Waals surface area contributed by atoms with Crippen LogP contribution in [-0.2, 0) is 19.1 Å². The van der Waals surface area contributed by atoms with Gasteiger partial charge in [0.1, 0.15) is 0 Å². The topological polar surface area (TPSA) is 119 Å². The third-order valence-corrected chi connectivity index (χ3v) is 3.16. The summed E-state index contributed by atoms with van der Waals surface area (Å²) in [5, 5.41) is 19.9. The van der Waals surface area contributed by atoms with Crippen LogP contribution >= 0.6 is 0 Å². The van der Waals surface area contributed by atoms with Crippen molar-refractivity contribution in [3.05, 3.63) is 24.0 Å². The van der Waals surface area contributed by atoms with E-state index in [4.69, 9.17) is 10.5 Å². The molecule has 0 saturated heterocycles. The Hall–Kier alpha value is -1.86. The van der Waals surface area contributed by atoms with E-state index in [0.717, 1.165) is 7.11 Å². The highest BCUT2D eigenvalue weighted by atomic mass is 16.6. The maximum atomic E-state index is 11.6. The molecule has 1 aliphatic carbocycles. The first-order valence-corrected chi connectivity index (χ1v) is 5.26. The largest absolute Gasteiger partial charge is 0.467 e. The highest BCUT2D eigenvalue weighted by Gasteiger charge is 2.53. The number of fused-ring (bicyclic) bond motifs is 1. The van der Waals surface area contributed by atoms with Crippen LogP contribution in [0.4, 0.5) is 0 Å². The molecule has 2 aliphatic rings. The summed E-state index contributed by atoms with van der Waals surface area (Å²) in [7, 11) is 1.13. The van der Waals surface area contributed by atoms with Crippen LogP contribution in [-0.4, -0.2) is 41.1 Å². The average molecular weight is 255 g/mol. The summed E-state index contributed by atoms with van der Waals surface area (Å²) < 4.78 is 9.41. The number of carbonyl (C=O) groups excluding carboxylic acids is 2. The first kappa shape index (κ1) is 12.6. The molecule has 0 aromatic rings. The van der Waals surface area contributed by atoms with Crippen LogP contribution in [0.1, 0.15) is 0 Å². The summed E-state index contributed by atoms with van der Waals surface area (Å²) >= 11 is 0. The van der Waals surface area contributed by atoms with Crippen molar-refractivity contribution in [2.24, 2.45) is 17.6 Å². The van der Waals surface area contributed by atoms with Crippen molar-refractivity contribution >= 4 is 11.9 Å². The number of hydrogen-bond acceptors (Lipinski definition) is 6. The molecule has 0 unspecified atom stereocenters. The number of rotatable bonds is 2. The second-order valence-corrected chi connectivity index (χ2v) is 4.18. The van der Waals surface area contributed by atoms with E-state index < -0.39 is 35.6 Å². The molecule has 1 aliphatic heterocycles. The Labute approximate surface area is 102 Å². The molecule has 0 saturated carbocycles. The summed E-state index contributed by atoms with van der Waals surface area (Å²) in [6.07, 6.45) is 2.55. The second kappa shape index (κ2) is 4.11. The first-order valence-electron chi connectivity index (χ1n) is 5.26. The number of nitrogens with two attached hydrogens (primary N) is 1. The predicted molar refractivity (Wildman–Crippen MR) is 57.5 cm³/mol. The number of amides is 1. The zero-order chi connectivity index (χ0) is 13.5. The molecule has 7 heteroatoms. The second-order valence-electron chi connectivity index (χ2n) is 4.18. The average Bonchev–Trinajstić information content (AvgIpc) is 2.68. The molecule has 7 nitrogen and oxygen atoms in total. The van der Waals surface area contributed by atoms with Crippen molar-refractivity contribution in [1.82, 2.24) is 0 Å². The van der Waals surface area contributed by atoms with Crippen molar-refractivity contribution in [2.75, 3.05) is 7.11 Å². The van der Waals surface area contributed by atoms with Gasteiger partial charge < -0.3 is 25.4 Å². The Morgan fingerprint density at radius 2 is 2.22 bits per heavy atom. The van der Waals surface area contributed by atoms with Crippen LogP contribution in [0.3, 0.4) is 0 Å². The molecular formula is C11H13NO6. The maximum absolute atomic E-state index is 11.6. The third-order valence-electron chi connectivity index (χ3n) is 3.16. The predicted octanol–water partition coefficient (Wildman–Crippen LogP) is -1.59. The Morgan fingerprint density at radius 1 is 1.56 bits per heavy atom. The van der Waals surface area contributed by atoms with E-state index in [1.54, 1.807) is 0 Å². The lowest BCUT2D eigenvalue weighted by molar-refractivity contribution is -0.169. The van der Waals surface area contributed by atoms with Gasteiger partial charge in [0, 0.05) is 11.8 Å². The molecule has 0 bridgehead atoms. The van der Waals surface area contributed by atoms with Gasteiger partial charge >= 0.3 is 5.97 Å². The van der Waals surface area contributed by atoms with Gasteiger partial charge in [-0.05, 0) is 12.2 Å². The molecule has 0 radical (unpaired) electrons. The molecule has 0 fully saturated rings. The lowest BCUT2D eigenvalue weighted by Crippen LogP contribution is -2.48. The zero-order valence-electron chi connectivity index (χ0n) is 9.57. The molecule has 0 spiro atoms. The first-order chi connectivity index (χ1) is 8.40. The van der Waals surface area contributed by atoms with Gasteiger partial charge in [0.15, 0.2) is 11.4 Å². The molecule has 0 aromatic heterocycles. The van der Waals surface area contributed by atoms with Gasteiger partial charge in [-0.25, -0.2) is 4.79 Å². The van der Waals surface area contributed by atoms with E-state index in [9.17, 15) is 19.8 Å². The van der Waals surface area contributed by atoms with Gasteiger partial charge in [-0.1, -0.05) is 6.08 Å². The van der Waals surface area contributed by atoms with Gasteiger partial charge in [0.05, 0.1) is 7.11 Å². The summed E-state index contributed by atoms with van der Waals surface area (Å²) in [6, 6.07) is 0. The van der Waals surface area contributed by atoms with Crippen LogP contribution in [0.2, 0.25) is 0 Å². The Balaban J connectivity index is 2.40. The van der Waals surface area contributed by atoms with Gasteiger partial charge in [-0.2, -0.15) is 0 Å². The molecule has 1 heterocycles. The Bertz CT molecular complexity index is 456. The van der Waals surface area contributed by atoms with Gasteiger partial charge in [0.2, 0.25) is 6.29 Å². The van der Waals surface area contributed by atoms with Crippen LogP contribution in [0.25, 0.3) is 0 Å². The van der Waals surface area contributed by atoms with Crippen molar-refractivity contribution in [3.8, 4) is 0 Å². The fraction of sp³-hybridized carbons (Fsp3) is 0.455. The number of primary amides is 1. The summed E-state index contributed by atoms with van der Waals surface area (Å²) in [5.74, 6) is -3.53. The minimum Gasteiger partial charge on any atom is -0.467 e. The number of aliphatic hydroxyl groups excluding tert-OH is 1. The van der Waals surface area contributed by atoms with E-state index in [1.165, 1.54) is 18.2 Å². The summed E-state index contributed by atoms with van der Waals surface area (Å²) in [4.78, 5) is 22.6. The highest BCUT2D eigenvalue weighted by molar-refractivity contribution is 5.91. The van der Waals surface area contributed by atoms with Gasteiger partial charge in [-0.3, -0.25) is 4.79 Å². The van der Waals surface area contributed by atoms with Crippen LogP contribution in [0.5, 0.6) is 0 Å². The van der Waals surface area contributed by atoms with Crippen molar-refractivity contribution in [1.29, 1.82) is 0 Å². The van der Waals surface area contributed by atoms with E-state index >= 15 is 0 Å². The number of esters is 1. The van der Waals surface area contributed by atoms with E-state index in [2.05, 4.69) is 4.74 Å². The van der Waals surface area contributed by atoms with Crippen LogP contribution < -0.4 is 5.73 Å².